The lowest BCUT2D eigenvalue weighted by atomic mass is 10.1. The lowest BCUT2D eigenvalue weighted by Crippen LogP contribution is -2.19. The number of nitrogens with one attached hydrogen (secondary N) is 1. The number of sulfone groups is 1. The second kappa shape index (κ2) is 3.64. The smallest absolute Gasteiger partial charge is 0.157 e. The molecular formula is C10H15NO3S. The molecule has 0 saturated carbocycles. The van der Waals surface area contributed by atoms with Crippen LogP contribution in [0, 0.1) is 6.92 Å². The topological polar surface area (TPSA) is 59.3 Å². The van der Waals surface area contributed by atoms with E-state index in [2.05, 4.69) is 5.32 Å². The van der Waals surface area contributed by atoms with Gasteiger partial charge in [-0.15, -0.1) is 0 Å². The van der Waals surface area contributed by atoms with Crippen molar-refractivity contribution in [2.45, 2.75) is 25.6 Å². The summed E-state index contributed by atoms with van der Waals surface area (Å²) in [5, 5.41) is 3.07. The Morgan fingerprint density at radius 1 is 1.47 bits per heavy atom. The van der Waals surface area contributed by atoms with Crippen LogP contribution in [-0.4, -0.2) is 21.2 Å². The van der Waals surface area contributed by atoms with Crippen LogP contribution in [0.5, 0.6) is 0 Å². The van der Waals surface area contributed by atoms with Crippen LogP contribution >= 0.6 is 0 Å². The summed E-state index contributed by atoms with van der Waals surface area (Å²) < 4.78 is 28.3. The van der Waals surface area contributed by atoms with Crippen molar-refractivity contribution < 1.29 is 12.8 Å². The minimum atomic E-state index is -2.93. The van der Waals surface area contributed by atoms with Crippen LogP contribution in [0.4, 0.5) is 0 Å². The highest BCUT2D eigenvalue weighted by atomic mass is 32.2. The van der Waals surface area contributed by atoms with E-state index in [4.69, 9.17) is 4.42 Å². The molecule has 0 fully saturated rings. The van der Waals surface area contributed by atoms with Crippen LogP contribution in [0.2, 0.25) is 0 Å². The molecule has 0 amide bonds. The molecule has 1 N–H and O–H groups in total. The Morgan fingerprint density at radius 3 is 2.87 bits per heavy atom. The molecule has 1 aliphatic rings. The fourth-order valence-corrected chi connectivity index (χ4v) is 3.33. The fourth-order valence-electron chi connectivity index (χ4n) is 2.03. The summed E-state index contributed by atoms with van der Waals surface area (Å²) in [5.74, 6) is 1.79. The van der Waals surface area contributed by atoms with Gasteiger partial charge in [-0.1, -0.05) is 0 Å². The molecule has 15 heavy (non-hydrogen) atoms. The molecule has 0 unspecified atom stereocenters. The van der Waals surface area contributed by atoms with Crippen molar-refractivity contribution in [3.8, 4) is 0 Å². The summed E-state index contributed by atoms with van der Waals surface area (Å²) in [6, 6.07) is 0. The molecule has 0 bridgehead atoms. The van der Waals surface area contributed by atoms with Crippen molar-refractivity contribution in [2.75, 3.05) is 12.8 Å². The first-order chi connectivity index (χ1) is 7.03. The van der Waals surface area contributed by atoms with Gasteiger partial charge in [0.1, 0.15) is 17.3 Å². The Labute approximate surface area is 89.6 Å². The highest BCUT2D eigenvalue weighted by molar-refractivity contribution is 7.90. The zero-order chi connectivity index (χ0) is 11.1. The van der Waals surface area contributed by atoms with E-state index in [-0.39, 0.29) is 11.5 Å². The van der Waals surface area contributed by atoms with E-state index in [0.29, 0.717) is 12.2 Å². The molecular weight excluding hydrogens is 214 g/mol. The van der Waals surface area contributed by atoms with Crippen LogP contribution in [0.1, 0.15) is 22.6 Å². The molecule has 0 aromatic carbocycles. The molecule has 0 saturated heterocycles. The van der Waals surface area contributed by atoms with Crippen LogP contribution in [0.15, 0.2) is 4.42 Å². The van der Waals surface area contributed by atoms with Crippen molar-refractivity contribution in [2.24, 2.45) is 0 Å². The summed E-state index contributed by atoms with van der Waals surface area (Å²) in [6.45, 7) is 2.63. The normalized spacial score (nSPS) is 18.8. The Balaban J connectivity index is 2.43. The van der Waals surface area contributed by atoms with Crippen molar-refractivity contribution >= 4 is 9.84 Å². The summed E-state index contributed by atoms with van der Waals surface area (Å²) in [6.07, 6.45) is 0.589. The van der Waals surface area contributed by atoms with Crippen molar-refractivity contribution in [3.63, 3.8) is 0 Å². The SMILES string of the molecule is CNCc1c(C)oc2c1CCS(=O)(=O)C2. The number of aryl methyl sites for hydroxylation is 1. The lowest BCUT2D eigenvalue weighted by molar-refractivity contribution is 0.485. The average molecular weight is 229 g/mol. The first-order valence-corrected chi connectivity index (χ1v) is 6.80. The predicted octanol–water partition coefficient (Wildman–Crippen LogP) is 0.778. The largest absolute Gasteiger partial charge is 0.465 e. The number of furan rings is 1. The van der Waals surface area contributed by atoms with E-state index >= 15 is 0 Å². The molecule has 84 valence electrons. The van der Waals surface area contributed by atoms with E-state index in [0.717, 1.165) is 23.4 Å². The maximum Gasteiger partial charge on any atom is 0.157 e. The molecule has 2 rings (SSSR count). The zero-order valence-corrected chi connectivity index (χ0v) is 9.78. The predicted molar refractivity (Wildman–Crippen MR) is 57.4 cm³/mol. The van der Waals surface area contributed by atoms with Gasteiger partial charge >= 0.3 is 0 Å². The van der Waals surface area contributed by atoms with Gasteiger partial charge in [0.25, 0.3) is 0 Å². The first-order valence-electron chi connectivity index (χ1n) is 4.98. The van der Waals surface area contributed by atoms with Crippen molar-refractivity contribution in [1.82, 2.24) is 5.32 Å². The molecule has 0 aliphatic carbocycles. The molecule has 5 heteroatoms. The molecule has 2 heterocycles. The number of rotatable bonds is 2. The zero-order valence-electron chi connectivity index (χ0n) is 8.96. The first kappa shape index (κ1) is 10.7. The fraction of sp³-hybridized carbons (Fsp3) is 0.600. The van der Waals surface area contributed by atoms with Gasteiger partial charge in [-0.25, -0.2) is 8.42 Å². The van der Waals surface area contributed by atoms with E-state index in [1.165, 1.54) is 0 Å². The summed E-state index contributed by atoms with van der Waals surface area (Å²) >= 11 is 0. The third-order valence-electron chi connectivity index (χ3n) is 2.77. The third-order valence-corrected chi connectivity index (χ3v) is 4.30. The molecule has 1 aromatic rings. The van der Waals surface area contributed by atoms with Crippen molar-refractivity contribution in [1.29, 1.82) is 0 Å². The Bertz CT molecular complexity index is 473. The number of fused-ring (bicyclic) bond motifs is 1. The number of hydrogen-bond donors (Lipinski definition) is 1. The molecule has 1 aromatic heterocycles. The lowest BCUT2D eigenvalue weighted by Gasteiger charge is -2.11. The van der Waals surface area contributed by atoms with Gasteiger partial charge in [0, 0.05) is 17.7 Å². The molecule has 0 atom stereocenters. The summed E-state index contributed by atoms with van der Waals surface area (Å²) in [5.41, 5.74) is 2.22. The second-order valence-corrected chi connectivity index (χ2v) is 6.09. The van der Waals surface area contributed by atoms with Gasteiger partial charge < -0.3 is 9.73 Å². The van der Waals surface area contributed by atoms with Crippen LogP contribution in [-0.2, 0) is 28.6 Å². The molecule has 1 aliphatic heterocycles. The second-order valence-electron chi connectivity index (χ2n) is 3.91. The minimum Gasteiger partial charge on any atom is -0.465 e. The van der Waals surface area contributed by atoms with E-state index < -0.39 is 9.84 Å². The monoisotopic (exact) mass is 229 g/mol. The maximum absolute atomic E-state index is 11.4. The summed E-state index contributed by atoms with van der Waals surface area (Å²) in [4.78, 5) is 0. The van der Waals surface area contributed by atoms with E-state index in [9.17, 15) is 8.42 Å². The van der Waals surface area contributed by atoms with Gasteiger partial charge in [-0.3, -0.25) is 0 Å². The minimum absolute atomic E-state index is 0.0624. The Morgan fingerprint density at radius 2 is 2.20 bits per heavy atom. The highest BCUT2D eigenvalue weighted by Gasteiger charge is 2.27. The average Bonchev–Trinajstić information content (AvgIpc) is 2.41. The van der Waals surface area contributed by atoms with Crippen molar-refractivity contribution in [3.05, 3.63) is 22.6 Å². The van der Waals surface area contributed by atoms with E-state index in [1.54, 1.807) is 0 Å². The maximum atomic E-state index is 11.4. The van der Waals surface area contributed by atoms with Crippen LogP contribution in [0.3, 0.4) is 0 Å². The van der Waals surface area contributed by atoms with Gasteiger partial charge in [-0.05, 0) is 20.4 Å². The Kier molecular flexibility index (Phi) is 2.60. The molecule has 0 radical (unpaired) electrons. The van der Waals surface area contributed by atoms with Crippen LogP contribution < -0.4 is 5.32 Å². The Hall–Kier alpha value is -0.810. The third kappa shape index (κ3) is 1.94. The quantitative estimate of drug-likeness (QED) is 0.814. The highest BCUT2D eigenvalue weighted by Crippen LogP contribution is 2.28. The molecule has 4 nitrogen and oxygen atoms in total. The van der Waals surface area contributed by atoms with Gasteiger partial charge in [-0.2, -0.15) is 0 Å². The van der Waals surface area contributed by atoms with Gasteiger partial charge in [0.2, 0.25) is 0 Å². The van der Waals surface area contributed by atoms with E-state index in [1.807, 2.05) is 14.0 Å². The summed E-state index contributed by atoms with van der Waals surface area (Å²) in [7, 11) is -1.06. The number of hydrogen-bond acceptors (Lipinski definition) is 4. The molecule has 0 spiro atoms. The van der Waals surface area contributed by atoms with Gasteiger partial charge in [0.05, 0.1) is 5.75 Å². The van der Waals surface area contributed by atoms with Gasteiger partial charge in [0.15, 0.2) is 9.84 Å². The van der Waals surface area contributed by atoms with Crippen LogP contribution in [0.25, 0.3) is 0 Å². The standard InChI is InChI=1S/C10H15NO3S/c1-7-9(5-11-2)8-3-4-15(12,13)6-10(8)14-7/h11H,3-6H2,1-2H3.